The molecule has 0 bridgehead atoms. The average molecular weight is 363 g/mol. The van der Waals surface area contributed by atoms with Crippen LogP contribution in [0.1, 0.15) is 76.1 Å². The van der Waals surface area contributed by atoms with Gasteiger partial charge in [0, 0.05) is 23.5 Å². The minimum atomic E-state index is 0.184. The number of aryl methyl sites for hydroxylation is 2. The maximum atomic E-state index is 4.73. The monoisotopic (exact) mass is 362 g/mol. The average Bonchev–Trinajstić information content (AvgIpc) is 2.59. The Balaban J connectivity index is 1.98. The summed E-state index contributed by atoms with van der Waals surface area (Å²) in [7, 11) is 0. The molecule has 0 fully saturated rings. The number of benzene rings is 2. The Hall–Kier alpha value is -2.09. The van der Waals surface area contributed by atoms with Gasteiger partial charge in [0.1, 0.15) is 0 Å². The lowest BCUT2D eigenvalue weighted by Crippen LogP contribution is -2.51. The standard InChI is InChI=1S/C25H34N2/c1-8-20-9-11-22(12-10-20)26-16-21-14-23-19(5)15-25(6,7)27(17(2)3)24(23)13-18(21)4/h9-14,16-17,19H,8,15H2,1-7H3/t19-/m1/s1. The highest BCUT2D eigenvalue weighted by Crippen LogP contribution is 2.45. The zero-order chi connectivity index (χ0) is 19.8. The molecule has 2 aromatic rings. The Morgan fingerprint density at radius 3 is 2.44 bits per heavy atom. The van der Waals surface area contributed by atoms with Crippen molar-refractivity contribution in [1.29, 1.82) is 0 Å². The molecule has 0 saturated heterocycles. The highest BCUT2D eigenvalue weighted by molar-refractivity contribution is 5.86. The van der Waals surface area contributed by atoms with E-state index >= 15 is 0 Å². The molecule has 3 rings (SSSR count). The molecule has 0 aromatic heterocycles. The van der Waals surface area contributed by atoms with Gasteiger partial charge < -0.3 is 4.90 Å². The van der Waals surface area contributed by atoms with E-state index in [9.17, 15) is 0 Å². The minimum absolute atomic E-state index is 0.184. The van der Waals surface area contributed by atoms with Gasteiger partial charge in [-0.3, -0.25) is 4.99 Å². The van der Waals surface area contributed by atoms with Crippen LogP contribution in [0.3, 0.4) is 0 Å². The Morgan fingerprint density at radius 2 is 1.85 bits per heavy atom. The van der Waals surface area contributed by atoms with Crippen LogP contribution in [0.25, 0.3) is 0 Å². The van der Waals surface area contributed by atoms with Crippen molar-refractivity contribution in [2.24, 2.45) is 4.99 Å². The molecule has 1 heterocycles. The third kappa shape index (κ3) is 3.95. The molecule has 2 aromatic carbocycles. The van der Waals surface area contributed by atoms with Crippen molar-refractivity contribution < 1.29 is 0 Å². The van der Waals surface area contributed by atoms with Crippen LogP contribution < -0.4 is 4.90 Å². The Bertz CT molecular complexity index is 828. The lowest BCUT2D eigenvalue weighted by atomic mass is 9.78. The number of nitrogens with zero attached hydrogens (tertiary/aromatic N) is 2. The fourth-order valence-electron chi connectivity index (χ4n) is 4.69. The van der Waals surface area contributed by atoms with Crippen LogP contribution >= 0.6 is 0 Å². The van der Waals surface area contributed by atoms with Crippen LogP contribution in [0.5, 0.6) is 0 Å². The quantitative estimate of drug-likeness (QED) is 0.546. The lowest BCUT2D eigenvalue weighted by Gasteiger charge is -2.50. The molecule has 0 saturated carbocycles. The summed E-state index contributed by atoms with van der Waals surface area (Å²) in [5.41, 5.74) is 7.92. The molecule has 0 amide bonds. The van der Waals surface area contributed by atoms with E-state index in [-0.39, 0.29) is 5.54 Å². The summed E-state index contributed by atoms with van der Waals surface area (Å²) in [6.45, 7) is 16.1. The fraction of sp³-hybridized carbons (Fsp3) is 0.480. The molecule has 0 aliphatic carbocycles. The number of aliphatic imine (C=N–C) groups is 1. The van der Waals surface area contributed by atoms with Crippen LogP contribution in [-0.4, -0.2) is 17.8 Å². The maximum absolute atomic E-state index is 4.73. The van der Waals surface area contributed by atoms with Crippen molar-refractivity contribution in [3.05, 3.63) is 58.7 Å². The smallest absolute Gasteiger partial charge is 0.0630 e. The van der Waals surface area contributed by atoms with E-state index in [4.69, 9.17) is 4.99 Å². The van der Waals surface area contributed by atoms with Crippen LogP contribution in [-0.2, 0) is 6.42 Å². The molecule has 0 N–H and O–H groups in total. The molecular formula is C25H34N2. The third-order valence-electron chi connectivity index (χ3n) is 5.88. The molecule has 27 heavy (non-hydrogen) atoms. The largest absolute Gasteiger partial charge is 0.364 e. The SMILES string of the molecule is CCc1ccc(N=Cc2cc3c(cc2C)N(C(C)C)C(C)(C)C[C@H]3C)cc1. The van der Waals surface area contributed by atoms with E-state index in [1.165, 1.54) is 34.4 Å². The molecule has 0 spiro atoms. The van der Waals surface area contributed by atoms with E-state index < -0.39 is 0 Å². The number of fused-ring (bicyclic) bond motifs is 1. The first kappa shape index (κ1) is 19.7. The molecule has 2 heteroatoms. The molecule has 144 valence electrons. The zero-order valence-corrected chi connectivity index (χ0v) is 18.0. The van der Waals surface area contributed by atoms with Crippen LogP contribution in [0.2, 0.25) is 0 Å². The molecular weight excluding hydrogens is 328 g/mol. The van der Waals surface area contributed by atoms with Crippen molar-refractivity contribution in [2.75, 3.05) is 4.90 Å². The lowest BCUT2D eigenvalue weighted by molar-refractivity contribution is 0.356. The number of hydrogen-bond acceptors (Lipinski definition) is 2. The first-order chi connectivity index (χ1) is 12.7. The Kier molecular flexibility index (Phi) is 5.46. The molecule has 1 aliphatic rings. The number of hydrogen-bond donors (Lipinski definition) is 0. The van der Waals surface area contributed by atoms with E-state index in [2.05, 4.69) is 89.8 Å². The predicted molar refractivity (Wildman–Crippen MR) is 119 cm³/mol. The third-order valence-corrected chi connectivity index (χ3v) is 5.88. The molecule has 2 nitrogen and oxygen atoms in total. The van der Waals surface area contributed by atoms with Gasteiger partial charge in [0.2, 0.25) is 0 Å². The highest BCUT2D eigenvalue weighted by Gasteiger charge is 2.37. The van der Waals surface area contributed by atoms with Crippen molar-refractivity contribution in [3.8, 4) is 0 Å². The Morgan fingerprint density at radius 1 is 1.19 bits per heavy atom. The van der Waals surface area contributed by atoms with Crippen LogP contribution in [0.4, 0.5) is 11.4 Å². The second-order valence-electron chi connectivity index (χ2n) is 8.93. The molecule has 0 unspecified atom stereocenters. The van der Waals surface area contributed by atoms with Crippen molar-refractivity contribution in [2.45, 2.75) is 78.8 Å². The van der Waals surface area contributed by atoms with E-state index in [1.54, 1.807) is 0 Å². The van der Waals surface area contributed by atoms with Gasteiger partial charge >= 0.3 is 0 Å². The van der Waals surface area contributed by atoms with Crippen molar-refractivity contribution in [3.63, 3.8) is 0 Å². The fourth-order valence-corrected chi connectivity index (χ4v) is 4.69. The molecule has 0 radical (unpaired) electrons. The van der Waals surface area contributed by atoms with Gasteiger partial charge in [0.05, 0.1) is 5.69 Å². The second kappa shape index (κ2) is 7.50. The van der Waals surface area contributed by atoms with Gasteiger partial charge in [-0.05, 0) is 99.9 Å². The summed E-state index contributed by atoms with van der Waals surface area (Å²) in [5.74, 6) is 0.557. The highest BCUT2D eigenvalue weighted by atomic mass is 15.2. The first-order valence-corrected chi connectivity index (χ1v) is 10.3. The van der Waals surface area contributed by atoms with Gasteiger partial charge in [0.25, 0.3) is 0 Å². The molecule has 1 atom stereocenters. The predicted octanol–water partition coefficient (Wildman–Crippen LogP) is 6.81. The number of anilines is 1. The summed E-state index contributed by atoms with van der Waals surface area (Å²) in [5, 5.41) is 0. The summed E-state index contributed by atoms with van der Waals surface area (Å²) >= 11 is 0. The van der Waals surface area contributed by atoms with Gasteiger partial charge in [-0.1, -0.05) is 26.0 Å². The summed E-state index contributed by atoms with van der Waals surface area (Å²) in [6.07, 6.45) is 4.27. The summed E-state index contributed by atoms with van der Waals surface area (Å²) in [4.78, 5) is 7.33. The van der Waals surface area contributed by atoms with E-state index in [0.29, 0.717) is 12.0 Å². The van der Waals surface area contributed by atoms with E-state index in [0.717, 1.165) is 12.1 Å². The van der Waals surface area contributed by atoms with E-state index in [1.807, 2.05) is 6.21 Å². The summed E-state index contributed by atoms with van der Waals surface area (Å²) in [6, 6.07) is 13.8. The van der Waals surface area contributed by atoms with Crippen LogP contribution in [0, 0.1) is 6.92 Å². The van der Waals surface area contributed by atoms with Crippen molar-refractivity contribution in [1.82, 2.24) is 0 Å². The van der Waals surface area contributed by atoms with Gasteiger partial charge in [-0.2, -0.15) is 0 Å². The Labute approximate surface area is 165 Å². The number of rotatable bonds is 4. The molecule has 1 aliphatic heterocycles. The van der Waals surface area contributed by atoms with Gasteiger partial charge in [-0.15, -0.1) is 0 Å². The van der Waals surface area contributed by atoms with Crippen molar-refractivity contribution >= 4 is 17.6 Å². The minimum Gasteiger partial charge on any atom is -0.364 e. The topological polar surface area (TPSA) is 15.6 Å². The zero-order valence-electron chi connectivity index (χ0n) is 18.0. The first-order valence-electron chi connectivity index (χ1n) is 10.3. The van der Waals surface area contributed by atoms with Crippen LogP contribution in [0.15, 0.2) is 41.4 Å². The van der Waals surface area contributed by atoms with Gasteiger partial charge in [0.15, 0.2) is 0 Å². The maximum Gasteiger partial charge on any atom is 0.0630 e. The normalized spacial score (nSPS) is 19.0. The van der Waals surface area contributed by atoms with Gasteiger partial charge in [-0.25, -0.2) is 0 Å². The second-order valence-corrected chi connectivity index (χ2v) is 8.93. The summed E-state index contributed by atoms with van der Waals surface area (Å²) < 4.78 is 0.